The van der Waals surface area contributed by atoms with Crippen molar-refractivity contribution in [2.45, 2.75) is 6.18 Å². The molecule has 3 nitrogen and oxygen atoms in total. The average molecular weight is 268 g/mol. The summed E-state index contributed by atoms with van der Waals surface area (Å²) in [7, 11) is 0. The second-order valence-electron chi connectivity index (χ2n) is 3.80. The van der Waals surface area contributed by atoms with Crippen LogP contribution in [0.1, 0.15) is 5.56 Å². The highest BCUT2D eigenvalue weighted by Gasteiger charge is 2.30. The van der Waals surface area contributed by atoms with Crippen LogP contribution in [0.5, 0.6) is 11.5 Å². The van der Waals surface area contributed by atoms with Gasteiger partial charge in [-0.2, -0.15) is 13.2 Å². The fraction of sp³-hybridized carbons (Fsp3) is 0.0769. The molecular weight excluding hydrogens is 257 g/mol. The molecule has 100 valence electrons. The van der Waals surface area contributed by atoms with Crippen LogP contribution in [0.25, 0.3) is 0 Å². The van der Waals surface area contributed by atoms with E-state index >= 15 is 0 Å². The van der Waals surface area contributed by atoms with Crippen molar-refractivity contribution in [1.82, 2.24) is 0 Å². The second kappa shape index (κ2) is 5.19. The summed E-state index contributed by atoms with van der Waals surface area (Å²) in [5.74, 6) is 6.05. The summed E-state index contributed by atoms with van der Waals surface area (Å²) in [6.07, 6.45) is -4.35. The molecule has 0 spiro atoms. The van der Waals surface area contributed by atoms with Gasteiger partial charge in [-0.05, 0) is 36.4 Å². The van der Waals surface area contributed by atoms with E-state index in [0.29, 0.717) is 17.2 Å². The number of benzene rings is 2. The van der Waals surface area contributed by atoms with Crippen LogP contribution in [-0.2, 0) is 6.18 Å². The molecule has 6 heteroatoms. The Morgan fingerprint density at radius 1 is 0.947 bits per heavy atom. The molecule has 2 rings (SSSR count). The van der Waals surface area contributed by atoms with Gasteiger partial charge in [0.25, 0.3) is 0 Å². The lowest BCUT2D eigenvalue weighted by atomic mass is 10.2. The predicted octanol–water partition coefficient (Wildman–Crippen LogP) is 3.78. The summed E-state index contributed by atoms with van der Waals surface area (Å²) in [6.45, 7) is 0. The fourth-order valence-electron chi connectivity index (χ4n) is 1.50. The van der Waals surface area contributed by atoms with Gasteiger partial charge in [-0.25, -0.2) is 0 Å². The highest BCUT2D eigenvalue weighted by Crippen LogP contribution is 2.31. The number of ether oxygens (including phenoxy) is 1. The molecular formula is C13H11F3N2O. The summed E-state index contributed by atoms with van der Waals surface area (Å²) in [6, 6.07) is 11.3. The molecule has 0 bridgehead atoms. The van der Waals surface area contributed by atoms with Crippen molar-refractivity contribution in [3.8, 4) is 11.5 Å². The van der Waals surface area contributed by atoms with Crippen molar-refractivity contribution in [2.75, 3.05) is 5.43 Å². The number of alkyl halides is 3. The molecule has 0 atom stereocenters. The minimum absolute atomic E-state index is 0.321. The molecule has 0 aliphatic carbocycles. The Morgan fingerprint density at radius 2 is 1.63 bits per heavy atom. The Hall–Kier alpha value is -2.21. The van der Waals surface area contributed by atoms with E-state index in [0.717, 1.165) is 12.1 Å². The molecule has 0 aliphatic heterocycles. The van der Waals surface area contributed by atoms with Crippen molar-refractivity contribution in [3.63, 3.8) is 0 Å². The van der Waals surface area contributed by atoms with Crippen molar-refractivity contribution >= 4 is 5.69 Å². The zero-order valence-electron chi connectivity index (χ0n) is 9.74. The standard InChI is InChI=1S/C13H11F3N2O/c14-13(15,16)9-4-6-11(7-5-9)19-12-3-1-2-10(8-12)18-17/h1-8,18H,17H2. The van der Waals surface area contributed by atoms with E-state index in [1.807, 2.05) is 0 Å². The Balaban J connectivity index is 2.15. The van der Waals surface area contributed by atoms with Gasteiger partial charge >= 0.3 is 6.18 Å². The van der Waals surface area contributed by atoms with Gasteiger partial charge in [0.2, 0.25) is 0 Å². The third kappa shape index (κ3) is 3.38. The second-order valence-corrected chi connectivity index (χ2v) is 3.80. The smallest absolute Gasteiger partial charge is 0.416 e. The zero-order chi connectivity index (χ0) is 13.9. The molecule has 0 aromatic heterocycles. The number of hydrazine groups is 1. The van der Waals surface area contributed by atoms with Crippen LogP contribution in [0.4, 0.5) is 18.9 Å². The topological polar surface area (TPSA) is 47.3 Å². The van der Waals surface area contributed by atoms with Crippen LogP contribution in [0, 0.1) is 0 Å². The van der Waals surface area contributed by atoms with Gasteiger partial charge in [-0.3, -0.25) is 5.84 Å². The van der Waals surface area contributed by atoms with E-state index in [1.165, 1.54) is 12.1 Å². The molecule has 0 saturated heterocycles. The average Bonchev–Trinajstić information content (AvgIpc) is 2.38. The van der Waals surface area contributed by atoms with Crippen LogP contribution < -0.4 is 16.0 Å². The molecule has 3 N–H and O–H groups in total. The minimum Gasteiger partial charge on any atom is -0.457 e. The number of anilines is 1. The number of nitrogen functional groups attached to an aromatic ring is 1. The number of hydrogen-bond donors (Lipinski definition) is 2. The number of hydrogen-bond acceptors (Lipinski definition) is 3. The highest BCUT2D eigenvalue weighted by molar-refractivity contribution is 5.48. The van der Waals surface area contributed by atoms with Gasteiger partial charge < -0.3 is 10.2 Å². The van der Waals surface area contributed by atoms with Crippen LogP contribution in [-0.4, -0.2) is 0 Å². The molecule has 2 aromatic rings. The molecule has 0 heterocycles. The summed E-state index contributed by atoms with van der Waals surface area (Å²) in [5, 5.41) is 0. The Kier molecular flexibility index (Phi) is 3.62. The molecule has 0 aliphatic rings. The normalized spacial score (nSPS) is 11.2. The number of rotatable bonds is 3. The van der Waals surface area contributed by atoms with E-state index in [4.69, 9.17) is 10.6 Å². The molecule has 0 unspecified atom stereocenters. The fourth-order valence-corrected chi connectivity index (χ4v) is 1.50. The van der Waals surface area contributed by atoms with E-state index in [-0.39, 0.29) is 0 Å². The van der Waals surface area contributed by atoms with Crippen molar-refractivity contribution in [2.24, 2.45) is 5.84 Å². The quantitative estimate of drug-likeness (QED) is 0.657. The van der Waals surface area contributed by atoms with E-state index < -0.39 is 11.7 Å². The van der Waals surface area contributed by atoms with Crippen LogP contribution >= 0.6 is 0 Å². The van der Waals surface area contributed by atoms with E-state index in [2.05, 4.69) is 5.43 Å². The first-order valence-corrected chi connectivity index (χ1v) is 5.41. The number of halogens is 3. The first-order chi connectivity index (χ1) is 8.99. The van der Waals surface area contributed by atoms with Crippen LogP contribution in [0.3, 0.4) is 0 Å². The summed E-state index contributed by atoms with van der Waals surface area (Å²) in [4.78, 5) is 0. The molecule has 19 heavy (non-hydrogen) atoms. The summed E-state index contributed by atoms with van der Waals surface area (Å²) in [5.41, 5.74) is 2.39. The first-order valence-electron chi connectivity index (χ1n) is 5.41. The largest absolute Gasteiger partial charge is 0.457 e. The third-order valence-electron chi connectivity index (χ3n) is 2.42. The molecule has 0 amide bonds. The summed E-state index contributed by atoms with van der Waals surface area (Å²) < 4.78 is 42.6. The lowest BCUT2D eigenvalue weighted by Gasteiger charge is -2.09. The Morgan fingerprint density at radius 3 is 2.21 bits per heavy atom. The maximum atomic E-state index is 12.4. The zero-order valence-corrected chi connectivity index (χ0v) is 9.74. The van der Waals surface area contributed by atoms with Gasteiger partial charge in [0, 0.05) is 6.07 Å². The maximum absolute atomic E-state index is 12.4. The highest BCUT2D eigenvalue weighted by atomic mass is 19.4. The van der Waals surface area contributed by atoms with Gasteiger partial charge in [0.05, 0.1) is 11.3 Å². The molecule has 2 aromatic carbocycles. The lowest BCUT2D eigenvalue weighted by Crippen LogP contribution is -2.06. The van der Waals surface area contributed by atoms with Gasteiger partial charge in [-0.15, -0.1) is 0 Å². The van der Waals surface area contributed by atoms with Crippen molar-refractivity contribution in [1.29, 1.82) is 0 Å². The molecule has 0 saturated carbocycles. The monoisotopic (exact) mass is 268 g/mol. The first kappa shape index (κ1) is 13.2. The third-order valence-corrected chi connectivity index (χ3v) is 2.42. The van der Waals surface area contributed by atoms with E-state index in [1.54, 1.807) is 24.3 Å². The predicted molar refractivity (Wildman–Crippen MR) is 65.8 cm³/mol. The Bertz CT molecular complexity index is 553. The van der Waals surface area contributed by atoms with Gasteiger partial charge in [-0.1, -0.05) is 6.07 Å². The van der Waals surface area contributed by atoms with Crippen molar-refractivity contribution < 1.29 is 17.9 Å². The summed E-state index contributed by atoms with van der Waals surface area (Å²) >= 11 is 0. The maximum Gasteiger partial charge on any atom is 0.416 e. The minimum atomic E-state index is -4.35. The molecule has 0 fully saturated rings. The van der Waals surface area contributed by atoms with Crippen LogP contribution in [0.15, 0.2) is 48.5 Å². The number of nitrogens with one attached hydrogen (secondary N) is 1. The van der Waals surface area contributed by atoms with Crippen molar-refractivity contribution in [3.05, 3.63) is 54.1 Å². The van der Waals surface area contributed by atoms with Gasteiger partial charge in [0.15, 0.2) is 0 Å². The SMILES string of the molecule is NNc1cccc(Oc2ccc(C(F)(F)F)cc2)c1. The van der Waals surface area contributed by atoms with Crippen LogP contribution in [0.2, 0.25) is 0 Å². The van der Waals surface area contributed by atoms with Gasteiger partial charge in [0.1, 0.15) is 11.5 Å². The number of nitrogens with two attached hydrogens (primary N) is 1. The molecule has 0 radical (unpaired) electrons. The van der Waals surface area contributed by atoms with E-state index in [9.17, 15) is 13.2 Å². The Labute approximate surface area is 107 Å². The lowest BCUT2D eigenvalue weighted by molar-refractivity contribution is -0.137.